The first kappa shape index (κ1) is 16.2. The normalized spacial score (nSPS) is 17.3. The molecule has 1 unspecified atom stereocenters. The minimum Gasteiger partial charge on any atom is -0.492 e. The highest BCUT2D eigenvalue weighted by atomic mass is 35.5. The Kier molecular flexibility index (Phi) is 4.83. The molecule has 0 bridgehead atoms. The summed E-state index contributed by atoms with van der Waals surface area (Å²) < 4.78 is 5.86. The van der Waals surface area contributed by atoms with E-state index in [9.17, 15) is 0 Å². The van der Waals surface area contributed by atoms with Crippen LogP contribution in [0, 0.1) is 20.8 Å². The van der Waals surface area contributed by atoms with Crippen molar-refractivity contribution in [3.63, 3.8) is 0 Å². The van der Waals surface area contributed by atoms with Crippen LogP contribution in [0.5, 0.6) is 5.75 Å². The molecule has 23 heavy (non-hydrogen) atoms. The zero-order valence-corrected chi connectivity index (χ0v) is 14.6. The molecular formula is C18H22ClN3O. The Hall–Kier alpha value is -1.65. The molecule has 1 aliphatic heterocycles. The monoisotopic (exact) mass is 331 g/mol. The number of rotatable bonds is 3. The van der Waals surface area contributed by atoms with Crippen molar-refractivity contribution in [3.05, 3.63) is 51.6 Å². The summed E-state index contributed by atoms with van der Waals surface area (Å²) in [6.45, 7) is 7.40. The Morgan fingerprint density at radius 3 is 2.83 bits per heavy atom. The molecular weight excluding hydrogens is 310 g/mol. The van der Waals surface area contributed by atoms with E-state index < -0.39 is 0 Å². The Balaban J connectivity index is 1.83. The third-order valence-electron chi connectivity index (χ3n) is 4.02. The van der Waals surface area contributed by atoms with Gasteiger partial charge in [-0.2, -0.15) is 0 Å². The van der Waals surface area contributed by atoms with E-state index in [4.69, 9.17) is 16.3 Å². The third-order valence-corrected chi connectivity index (χ3v) is 4.31. The topological polar surface area (TPSA) is 47.0 Å². The lowest BCUT2D eigenvalue weighted by atomic mass is 10.00. The molecule has 0 saturated heterocycles. The molecule has 5 heteroatoms. The first-order valence-corrected chi connectivity index (χ1v) is 8.38. The van der Waals surface area contributed by atoms with Crippen molar-refractivity contribution >= 4 is 11.6 Å². The van der Waals surface area contributed by atoms with Crippen molar-refractivity contribution in [3.8, 4) is 5.75 Å². The molecule has 1 aromatic carbocycles. The number of fused-ring (bicyclic) bond motifs is 1. The van der Waals surface area contributed by atoms with Gasteiger partial charge in [-0.3, -0.25) is 0 Å². The first-order valence-electron chi connectivity index (χ1n) is 8.00. The number of benzene rings is 1. The highest BCUT2D eigenvalue weighted by Crippen LogP contribution is 2.38. The lowest BCUT2D eigenvalue weighted by molar-refractivity contribution is 0.315. The standard InChI is InChI=1S/C18H22ClN3O/c1-11-7-15-17(5-4-6-23-18(15)16(19)8-11)20-10-14-9-12(2)21-13(3)22-14/h7-9,17,20H,4-6,10H2,1-3H3. The molecule has 1 N–H and O–H groups in total. The van der Waals surface area contributed by atoms with Gasteiger partial charge in [-0.25, -0.2) is 9.97 Å². The highest BCUT2D eigenvalue weighted by molar-refractivity contribution is 6.32. The minimum atomic E-state index is 0.223. The van der Waals surface area contributed by atoms with Crippen molar-refractivity contribution in [1.29, 1.82) is 0 Å². The smallest absolute Gasteiger partial charge is 0.142 e. The fourth-order valence-corrected chi connectivity index (χ4v) is 3.44. The van der Waals surface area contributed by atoms with E-state index in [1.54, 1.807) is 0 Å². The van der Waals surface area contributed by atoms with E-state index in [2.05, 4.69) is 28.3 Å². The average Bonchev–Trinajstić information content (AvgIpc) is 2.66. The highest BCUT2D eigenvalue weighted by Gasteiger charge is 2.22. The maximum absolute atomic E-state index is 6.37. The number of hydrogen-bond donors (Lipinski definition) is 1. The van der Waals surface area contributed by atoms with Crippen LogP contribution in [0.15, 0.2) is 18.2 Å². The van der Waals surface area contributed by atoms with Crippen LogP contribution in [0.1, 0.15) is 47.2 Å². The van der Waals surface area contributed by atoms with Crippen LogP contribution in [-0.4, -0.2) is 16.6 Å². The number of aryl methyl sites for hydroxylation is 3. The van der Waals surface area contributed by atoms with Crippen LogP contribution in [0.25, 0.3) is 0 Å². The summed E-state index contributed by atoms with van der Waals surface area (Å²) in [6, 6.07) is 6.37. The van der Waals surface area contributed by atoms with Gasteiger partial charge in [-0.1, -0.05) is 17.7 Å². The Morgan fingerprint density at radius 2 is 2.04 bits per heavy atom. The SMILES string of the molecule is Cc1cc(Cl)c2c(c1)C(NCc1cc(C)nc(C)n1)CCCO2. The van der Waals surface area contributed by atoms with Gasteiger partial charge in [0.05, 0.1) is 17.3 Å². The van der Waals surface area contributed by atoms with E-state index in [1.165, 1.54) is 0 Å². The minimum absolute atomic E-state index is 0.223. The number of hydrogen-bond acceptors (Lipinski definition) is 4. The lowest BCUT2D eigenvalue weighted by Gasteiger charge is -2.20. The van der Waals surface area contributed by atoms with Crippen LogP contribution in [0.3, 0.4) is 0 Å². The van der Waals surface area contributed by atoms with E-state index in [1.807, 2.05) is 26.0 Å². The van der Waals surface area contributed by atoms with Crippen LogP contribution in [0.4, 0.5) is 0 Å². The molecule has 1 aliphatic rings. The molecule has 0 amide bonds. The summed E-state index contributed by atoms with van der Waals surface area (Å²) in [4.78, 5) is 8.83. The number of halogens is 1. The molecule has 2 heterocycles. The molecule has 1 atom stereocenters. The van der Waals surface area contributed by atoms with Gasteiger partial charge in [0.15, 0.2) is 0 Å². The van der Waals surface area contributed by atoms with Gasteiger partial charge in [0.1, 0.15) is 11.6 Å². The van der Waals surface area contributed by atoms with Crippen LogP contribution in [-0.2, 0) is 6.54 Å². The van der Waals surface area contributed by atoms with Gasteiger partial charge in [0, 0.05) is 23.8 Å². The summed E-state index contributed by atoms with van der Waals surface area (Å²) in [5, 5.41) is 4.31. The Labute approximate surface area is 142 Å². The summed E-state index contributed by atoms with van der Waals surface area (Å²) in [7, 11) is 0. The fraction of sp³-hybridized carbons (Fsp3) is 0.444. The number of aromatic nitrogens is 2. The second-order valence-corrected chi connectivity index (χ2v) is 6.54. The van der Waals surface area contributed by atoms with Gasteiger partial charge in [-0.15, -0.1) is 0 Å². The van der Waals surface area contributed by atoms with Crippen molar-refractivity contribution in [2.24, 2.45) is 0 Å². The predicted octanol–water partition coefficient (Wildman–Crippen LogP) is 4.06. The first-order chi connectivity index (χ1) is 11.0. The molecule has 0 spiro atoms. The quantitative estimate of drug-likeness (QED) is 0.921. The van der Waals surface area contributed by atoms with Crippen molar-refractivity contribution in [2.75, 3.05) is 6.61 Å². The molecule has 0 fully saturated rings. The molecule has 1 aromatic heterocycles. The average molecular weight is 332 g/mol. The maximum atomic E-state index is 6.37. The molecule has 2 aromatic rings. The van der Waals surface area contributed by atoms with Crippen LogP contribution < -0.4 is 10.1 Å². The zero-order chi connectivity index (χ0) is 16.4. The molecule has 0 aliphatic carbocycles. The van der Waals surface area contributed by atoms with E-state index in [0.717, 1.165) is 46.9 Å². The van der Waals surface area contributed by atoms with Gasteiger partial charge in [0.25, 0.3) is 0 Å². The Morgan fingerprint density at radius 1 is 1.22 bits per heavy atom. The number of ether oxygens (including phenoxy) is 1. The van der Waals surface area contributed by atoms with Crippen LogP contribution in [0.2, 0.25) is 5.02 Å². The number of nitrogens with zero attached hydrogens (tertiary/aromatic N) is 2. The van der Waals surface area contributed by atoms with Crippen molar-refractivity contribution < 1.29 is 4.74 Å². The van der Waals surface area contributed by atoms with E-state index in [-0.39, 0.29) is 6.04 Å². The molecule has 4 nitrogen and oxygen atoms in total. The van der Waals surface area contributed by atoms with Gasteiger partial charge in [-0.05, 0) is 51.3 Å². The van der Waals surface area contributed by atoms with Crippen molar-refractivity contribution in [2.45, 2.75) is 46.2 Å². The molecule has 0 radical (unpaired) electrons. The summed E-state index contributed by atoms with van der Waals surface area (Å²) in [5.74, 6) is 1.63. The molecule has 122 valence electrons. The zero-order valence-electron chi connectivity index (χ0n) is 13.8. The second kappa shape index (κ2) is 6.85. The summed E-state index contributed by atoms with van der Waals surface area (Å²) in [5.41, 5.74) is 4.31. The van der Waals surface area contributed by atoms with Crippen LogP contribution >= 0.6 is 11.6 Å². The van der Waals surface area contributed by atoms with Crippen molar-refractivity contribution in [1.82, 2.24) is 15.3 Å². The maximum Gasteiger partial charge on any atom is 0.142 e. The largest absolute Gasteiger partial charge is 0.492 e. The van der Waals surface area contributed by atoms with E-state index >= 15 is 0 Å². The van der Waals surface area contributed by atoms with Gasteiger partial charge in [0.2, 0.25) is 0 Å². The summed E-state index contributed by atoms with van der Waals surface area (Å²) >= 11 is 6.37. The molecule has 3 rings (SSSR count). The lowest BCUT2D eigenvalue weighted by Crippen LogP contribution is -2.21. The van der Waals surface area contributed by atoms with Gasteiger partial charge >= 0.3 is 0 Å². The fourth-order valence-electron chi connectivity index (χ4n) is 3.11. The third kappa shape index (κ3) is 3.82. The predicted molar refractivity (Wildman–Crippen MR) is 92.0 cm³/mol. The van der Waals surface area contributed by atoms with Gasteiger partial charge < -0.3 is 10.1 Å². The molecule has 0 saturated carbocycles. The van der Waals surface area contributed by atoms with E-state index in [0.29, 0.717) is 18.2 Å². The summed E-state index contributed by atoms with van der Waals surface area (Å²) in [6.07, 6.45) is 2.03. The second-order valence-electron chi connectivity index (χ2n) is 6.14. The number of nitrogens with one attached hydrogen (secondary N) is 1. The Bertz CT molecular complexity index is 697.